The van der Waals surface area contributed by atoms with Crippen LogP contribution in [0.1, 0.15) is 16.1 Å². The minimum absolute atomic E-state index is 0.00604. The summed E-state index contributed by atoms with van der Waals surface area (Å²) in [5.74, 6) is -0.0197. The lowest BCUT2D eigenvalue weighted by Crippen LogP contribution is -2.27. The molecule has 2 rings (SSSR count). The summed E-state index contributed by atoms with van der Waals surface area (Å²) in [6, 6.07) is 13.0. The van der Waals surface area contributed by atoms with Gasteiger partial charge in [0.1, 0.15) is 0 Å². The smallest absolute Gasteiger partial charge is 0.269 e. The van der Waals surface area contributed by atoms with Crippen LogP contribution in [0.25, 0.3) is 0 Å². The molecule has 6 heteroatoms. The molecular formula is C14H16N4O2. The standard InChI is InChI=1S/C14H16N4O2/c15-14(20)12-6-7-13(17-16-12)18(8-9-19)10-11-4-2-1-3-5-11/h1-7,19H,8-10H2,(H2,15,20). The van der Waals surface area contributed by atoms with Crippen molar-refractivity contribution >= 4 is 11.7 Å². The number of nitrogens with zero attached hydrogens (tertiary/aromatic N) is 3. The number of amides is 1. The van der Waals surface area contributed by atoms with Crippen LogP contribution < -0.4 is 10.6 Å². The molecule has 0 unspecified atom stereocenters. The molecule has 0 aliphatic carbocycles. The summed E-state index contributed by atoms with van der Waals surface area (Å²) >= 11 is 0. The SMILES string of the molecule is NC(=O)c1ccc(N(CCO)Cc2ccccc2)nn1. The van der Waals surface area contributed by atoms with Crippen LogP contribution in [-0.2, 0) is 6.54 Å². The number of hydrogen-bond acceptors (Lipinski definition) is 5. The highest BCUT2D eigenvalue weighted by Crippen LogP contribution is 2.13. The third-order valence-electron chi connectivity index (χ3n) is 2.81. The lowest BCUT2D eigenvalue weighted by molar-refractivity contribution is 0.0994. The molecule has 1 aromatic carbocycles. The predicted octanol–water partition coefficient (Wildman–Crippen LogP) is 0.574. The van der Waals surface area contributed by atoms with Gasteiger partial charge < -0.3 is 15.7 Å². The number of hydrogen-bond donors (Lipinski definition) is 2. The lowest BCUT2D eigenvalue weighted by Gasteiger charge is -2.22. The molecule has 0 aliphatic heterocycles. The first kappa shape index (κ1) is 14.0. The third-order valence-corrected chi connectivity index (χ3v) is 2.81. The van der Waals surface area contributed by atoms with E-state index in [-0.39, 0.29) is 12.3 Å². The number of benzene rings is 1. The molecule has 1 heterocycles. The van der Waals surface area contributed by atoms with Gasteiger partial charge in [-0.05, 0) is 17.7 Å². The molecule has 20 heavy (non-hydrogen) atoms. The van der Waals surface area contributed by atoms with E-state index >= 15 is 0 Å². The Hall–Kier alpha value is -2.47. The van der Waals surface area contributed by atoms with Crippen LogP contribution in [0.3, 0.4) is 0 Å². The van der Waals surface area contributed by atoms with Crippen LogP contribution in [0.2, 0.25) is 0 Å². The van der Waals surface area contributed by atoms with Crippen molar-refractivity contribution in [2.75, 3.05) is 18.1 Å². The lowest BCUT2D eigenvalue weighted by atomic mass is 10.2. The van der Waals surface area contributed by atoms with Gasteiger partial charge in [0.25, 0.3) is 5.91 Å². The zero-order valence-corrected chi connectivity index (χ0v) is 10.9. The van der Waals surface area contributed by atoms with Crippen LogP contribution >= 0.6 is 0 Å². The first-order valence-electron chi connectivity index (χ1n) is 6.24. The van der Waals surface area contributed by atoms with Gasteiger partial charge in [-0.1, -0.05) is 30.3 Å². The van der Waals surface area contributed by atoms with Crippen molar-refractivity contribution in [3.8, 4) is 0 Å². The Labute approximate surface area is 116 Å². The highest BCUT2D eigenvalue weighted by atomic mass is 16.3. The number of primary amides is 1. The van der Waals surface area contributed by atoms with Gasteiger partial charge >= 0.3 is 0 Å². The van der Waals surface area contributed by atoms with Crippen LogP contribution in [0.4, 0.5) is 5.82 Å². The fourth-order valence-electron chi connectivity index (χ4n) is 1.82. The Morgan fingerprint density at radius 3 is 2.45 bits per heavy atom. The molecule has 0 saturated heterocycles. The molecule has 104 valence electrons. The minimum atomic E-state index is -0.610. The Bertz CT molecular complexity index is 557. The van der Waals surface area contributed by atoms with E-state index in [1.165, 1.54) is 6.07 Å². The fraction of sp³-hybridized carbons (Fsp3) is 0.214. The zero-order chi connectivity index (χ0) is 14.4. The topological polar surface area (TPSA) is 92.3 Å². The summed E-state index contributed by atoms with van der Waals surface area (Å²) in [6.07, 6.45) is 0. The average Bonchev–Trinajstić information content (AvgIpc) is 2.48. The van der Waals surface area contributed by atoms with Gasteiger partial charge in [0.05, 0.1) is 6.61 Å². The van der Waals surface area contributed by atoms with E-state index in [9.17, 15) is 4.79 Å². The molecule has 0 fully saturated rings. The monoisotopic (exact) mass is 272 g/mol. The van der Waals surface area contributed by atoms with E-state index < -0.39 is 5.91 Å². The highest BCUT2D eigenvalue weighted by molar-refractivity contribution is 5.90. The molecule has 1 aromatic heterocycles. The van der Waals surface area contributed by atoms with Crippen molar-refractivity contribution in [3.05, 3.63) is 53.7 Å². The molecule has 0 aliphatic rings. The quantitative estimate of drug-likeness (QED) is 0.802. The second-order valence-electron chi connectivity index (χ2n) is 4.27. The Balaban J connectivity index is 2.17. The number of aromatic nitrogens is 2. The van der Waals surface area contributed by atoms with Crippen LogP contribution in [0.5, 0.6) is 0 Å². The summed E-state index contributed by atoms with van der Waals surface area (Å²) in [5.41, 5.74) is 6.35. The van der Waals surface area contributed by atoms with Gasteiger partial charge in [0.15, 0.2) is 11.5 Å². The normalized spacial score (nSPS) is 10.2. The van der Waals surface area contributed by atoms with Gasteiger partial charge in [0, 0.05) is 13.1 Å². The minimum Gasteiger partial charge on any atom is -0.395 e. The molecule has 0 atom stereocenters. The third kappa shape index (κ3) is 3.52. The van der Waals surface area contributed by atoms with E-state index in [0.717, 1.165) is 5.56 Å². The van der Waals surface area contributed by atoms with E-state index in [1.54, 1.807) is 6.07 Å². The summed E-state index contributed by atoms with van der Waals surface area (Å²) in [6.45, 7) is 1.04. The average molecular weight is 272 g/mol. The largest absolute Gasteiger partial charge is 0.395 e. The fourth-order valence-corrected chi connectivity index (χ4v) is 1.82. The molecule has 0 spiro atoms. The van der Waals surface area contributed by atoms with Crippen molar-refractivity contribution in [1.29, 1.82) is 0 Å². The van der Waals surface area contributed by atoms with E-state index in [0.29, 0.717) is 18.9 Å². The number of carbonyl (C=O) groups excluding carboxylic acids is 1. The van der Waals surface area contributed by atoms with Crippen molar-refractivity contribution in [2.24, 2.45) is 5.73 Å². The number of aliphatic hydroxyl groups is 1. The van der Waals surface area contributed by atoms with Gasteiger partial charge in [-0.25, -0.2) is 0 Å². The van der Waals surface area contributed by atoms with Gasteiger partial charge in [-0.2, -0.15) is 0 Å². The number of anilines is 1. The molecule has 2 aromatic rings. The van der Waals surface area contributed by atoms with Crippen molar-refractivity contribution in [3.63, 3.8) is 0 Å². The molecule has 1 amide bonds. The molecule has 3 N–H and O–H groups in total. The van der Waals surface area contributed by atoms with E-state index in [2.05, 4.69) is 10.2 Å². The summed E-state index contributed by atoms with van der Waals surface area (Å²) in [5, 5.41) is 16.9. The number of aliphatic hydroxyl groups excluding tert-OH is 1. The Kier molecular flexibility index (Phi) is 4.62. The molecule has 0 radical (unpaired) electrons. The summed E-state index contributed by atoms with van der Waals surface area (Å²) in [4.78, 5) is 12.8. The zero-order valence-electron chi connectivity index (χ0n) is 10.9. The molecule has 6 nitrogen and oxygen atoms in total. The maximum Gasteiger partial charge on any atom is 0.269 e. The van der Waals surface area contributed by atoms with Crippen LogP contribution in [0.15, 0.2) is 42.5 Å². The Morgan fingerprint density at radius 2 is 1.90 bits per heavy atom. The predicted molar refractivity (Wildman–Crippen MR) is 75.1 cm³/mol. The second-order valence-corrected chi connectivity index (χ2v) is 4.27. The van der Waals surface area contributed by atoms with Gasteiger partial charge in [0.2, 0.25) is 0 Å². The Morgan fingerprint density at radius 1 is 1.15 bits per heavy atom. The molecule has 0 bridgehead atoms. The first-order valence-corrected chi connectivity index (χ1v) is 6.24. The maximum absolute atomic E-state index is 11.0. The molecule has 0 saturated carbocycles. The van der Waals surface area contributed by atoms with E-state index in [1.807, 2.05) is 35.2 Å². The first-order chi connectivity index (χ1) is 9.70. The number of nitrogens with two attached hydrogens (primary N) is 1. The second kappa shape index (κ2) is 6.63. The van der Waals surface area contributed by atoms with E-state index in [4.69, 9.17) is 10.8 Å². The van der Waals surface area contributed by atoms with Crippen molar-refractivity contribution < 1.29 is 9.90 Å². The maximum atomic E-state index is 11.0. The molecular weight excluding hydrogens is 256 g/mol. The van der Waals surface area contributed by atoms with Crippen LogP contribution in [-0.4, -0.2) is 34.4 Å². The van der Waals surface area contributed by atoms with Gasteiger partial charge in [-0.15, -0.1) is 10.2 Å². The number of rotatable bonds is 6. The van der Waals surface area contributed by atoms with Gasteiger partial charge in [-0.3, -0.25) is 4.79 Å². The van der Waals surface area contributed by atoms with Crippen molar-refractivity contribution in [2.45, 2.75) is 6.54 Å². The number of carbonyl (C=O) groups is 1. The summed E-state index contributed by atoms with van der Waals surface area (Å²) in [7, 11) is 0. The van der Waals surface area contributed by atoms with Crippen molar-refractivity contribution in [1.82, 2.24) is 10.2 Å². The van der Waals surface area contributed by atoms with Crippen LogP contribution in [0, 0.1) is 0 Å². The summed E-state index contributed by atoms with van der Waals surface area (Å²) < 4.78 is 0. The highest BCUT2D eigenvalue weighted by Gasteiger charge is 2.10.